The Morgan fingerprint density at radius 3 is 2.61 bits per heavy atom. The quantitative estimate of drug-likeness (QED) is 0.685. The number of hydrogen-bond acceptors (Lipinski definition) is 5. The summed E-state index contributed by atoms with van der Waals surface area (Å²) in [6.07, 6.45) is 1.21. The Morgan fingerprint density at radius 2 is 1.87 bits per heavy atom. The van der Waals surface area contributed by atoms with E-state index in [1.54, 1.807) is 29.2 Å². The molecular weight excluding hydrogens is 403 g/mol. The van der Waals surface area contributed by atoms with Gasteiger partial charge in [-0.1, -0.05) is 12.1 Å². The minimum Gasteiger partial charge on any atom is -0.492 e. The first kappa shape index (κ1) is 22.3. The Morgan fingerprint density at radius 1 is 1.13 bits per heavy atom. The molecule has 1 atom stereocenters. The van der Waals surface area contributed by atoms with Gasteiger partial charge in [0.05, 0.1) is 18.2 Å². The molecule has 31 heavy (non-hydrogen) atoms. The molecule has 0 spiro atoms. The van der Waals surface area contributed by atoms with E-state index >= 15 is 0 Å². The van der Waals surface area contributed by atoms with Crippen LogP contribution >= 0.6 is 0 Å². The van der Waals surface area contributed by atoms with Crippen LogP contribution in [0.1, 0.15) is 30.1 Å². The van der Waals surface area contributed by atoms with Gasteiger partial charge in [-0.3, -0.25) is 14.4 Å². The van der Waals surface area contributed by atoms with Crippen LogP contribution in [-0.4, -0.2) is 49.0 Å². The van der Waals surface area contributed by atoms with E-state index in [9.17, 15) is 18.8 Å². The molecule has 0 aromatic heterocycles. The highest BCUT2D eigenvalue weighted by Crippen LogP contribution is 2.24. The summed E-state index contributed by atoms with van der Waals surface area (Å²) in [5.41, 5.74) is 0.863. The molecule has 2 amide bonds. The van der Waals surface area contributed by atoms with Crippen molar-refractivity contribution >= 4 is 23.5 Å². The van der Waals surface area contributed by atoms with Crippen LogP contribution in [0.3, 0.4) is 0 Å². The molecule has 1 fully saturated rings. The summed E-state index contributed by atoms with van der Waals surface area (Å²) < 4.78 is 23.7. The minimum absolute atomic E-state index is 0.198. The van der Waals surface area contributed by atoms with Crippen LogP contribution in [0.4, 0.5) is 10.1 Å². The van der Waals surface area contributed by atoms with Crippen LogP contribution in [0.15, 0.2) is 48.5 Å². The third kappa shape index (κ3) is 6.04. The Labute approximate surface area is 180 Å². The molecule has 0 bridgehead atoms. The molecule has 0 radical (unpaired) electrons. The Balaban J connectivity index is 1.51. The Kier molecular flexibility index (Phi) is 7.59. The molecule has 1 heterocycles. The molecule has 3 rings (SSSR count). The number of halogens is 1. The predicted octanol–water partition coefficient (Wildman–Crippen LogP) is 3.26. The van der Waals surface area contributed by atoms with Gasteiger partial charge >= 0.3 is 5.97 Å². The zero-order chi connectivity index (χ0) is 22.2. The van der Waals surface area contributed by atoms with Gasteiger partial charge in [0.15, 0.2) is 6.61 Å². The highest BCUT2D eigenvalue weighted by Gasteiger charge is 2.30. The molecule has 1 aliphatic rings. The molecule has 2 aromatic carbocycles. The first-order valence-corrected chi connectivity index (χ1v) is 10.2. The van der Waals surface area contributed by atoms with Gasteiger partial charge in [-0.2, -0.15) is 0 Å². The van der Waals surface area contributed by atoms with Gasteiger partial charge in [-0.25, -0.2) is 4.39 Å². The number of nitrogens with zero attached hydrogens (tertiary/aromatic N) is 1. The van der Waals surface area contributed by atoms with E-state index in [1.165, 1.54) is 24.3 Å². The highest BCUT2D eigenvalue weighted by atomic mass is 19.1. The maximum Gasteiger partial charge on any atom is 0.311 e. The zero-order valence-electron chi connectivity index (χ0n) is 17.3. The van der Waals surface area contributed by atoms with Crippen LogP contribution in [0.5, 0.6) is 5.75 Å². The smallest absolute Gasteiger partial charge is 0.311 e. The number of hydrogen-bond donors (Lipinski definition) is 1. The van der Waals surface area contributed by atoms with Gasteiger partial charge in [0.1, 0.15) is 11.6 Å². The molecule has 7 nitrogen and oxygen atoms in total. The zero-order valence-corrected chi connectivity index (χ0v) is 17.3. The fourth-order valence-corrected chi connectivity index (χ4v) is 3.42. The number of nitrogens with one attached hydrogen (secondary N) is 1. The summed E-state index contributed by atoms with van der Waals surface area (Å²) in [4.78, 5) is 38.8. The number of carbonyl (C=O) groups excluding carboxylic acids is 3. The van der Waals surface area contributed by atoms with Crippen molar-refractivity contribution in [1.82, 2.24) is 4.90 Å². The van der Waals surface area contributed by atoms with Crippen molar-refractivity contribution < 1.29 is 28.2 Å². The summed E-state index contributed by atoms with van der Waals surface area (Å²) >= 11 is 0. The maximum atomic E-state index is 13.1. The third-order valence-electron chi connectivity index (χ3n) is 4.94. The minimum atomic E-state index is -0.523. The first-order valence-electron chi connectivity index (χ1n) is 10.2. The summed E-state index contributed by atoms with van der Waals surface area (Å²) in [5.74, 6) is -1.66. The molecule has 1 unspecified atom stereocenters. The second-order valence-corrected chi connectivity index (χ2v) is 7.18. The van der Waals surface area contributed by atoms with Gasteiger partial charge in [-0.15, -0.1) is 0 Å². The van der Waals surface area contributed by atoms with Crippen molar-refractivity contribution in [3.63, 3.8) is 0 Å². The van der Waals surface area contributed by atoms with Gasteiger partial charge < -0.3 is 19.7 Å². The SMILES string of the molecule is CCOc1ccccc1NC(=O)COC(=O)C1CCCN(C(=O)c2ccc(F)cc2)C1. The van der Waals surface area contributed by atoms with E-state index in [0.717, 1.165) is 0 Å². The summed E-state index contributed by atoms with van der Waals surface area (Å²) in [6.45, 7) is 2.57. The summed E-state index contributed by atoms with van der Waals surface area (Å²) in [7, 11) is 0. The predicted molar refractivity (Wildman–Crippen MR) is 112 cm³/mol. The third-order valence-corrected chi connectivity index (χ3v) is 4.94. The van der Waals surface area contributed by atoms with Crippen LogP contribution < -0.4 is 10.1 Å². The van der Waals surface area contributed by atoms with Crippen LogP contribution in [0.2, 0.25) is 0 Å². The van der Waals surface area contributed by atoms with Crippen molar-refractivity contribution in [1.29, 1.82) is 0 Å². The van der Waals surface area contributed by atoms with E-state index in [2.05, 4.69) is 5.32 Å². The first-order chi connectivity index (χ1) is 15.0. The number of para-hydroxylation sites is 2. The maximum absolute atomic E-state index is 13.1. The fraction of sp³-hybridized carbons (Fsp3) is 0.348. The average Bonchev–Trinajstić information content (AvgIpc) is 2.79. The van der Waals surface area contributed by atoms with E-state index in [0.29, 0.717) is 43.0 Å². The van der Waals surface area contributed by atoms with Gasteiger partial charge in [-0.05, 0) is 56.2 Å². The number of rotatable bonds is 7. The molecule has 0 aliphatic carbocycles. The number of likely N-dealkylation sites (tertiary alicyclic amines) is 1. The van der Waals surface area contributed by atoms with Gasteiger partial charge in [0, 0.05) is 18.7 Å². The second-order valence-electron chi connectivity index (χ2n) is 7.18. The van der Waals surface area contributed by atoms with E-state index in [1.807, 2.05) is 6.92 Å². The lowest BCUT2D eigenvalue weighted by Crippen LogP contribution is -2.43. The van der Waals surface area contributed by atoms with Crippen molar-refractivity contribution in [2.45, 2.75) is 19.8 Å². The topological polar surface area (TPSA) is 84.9 Å². The monoisotopic (exact) mass is 428 g/mol. The molecule has 164 valence electrons. The fourth-order valence-electron chi connectivity index (χ4n) is 3.42. The van der Waals surface area contributed by atoms with Crippen molar-refractivity contribution in [3.8, 4) is 5.75 Å². The normalized spacial score (nSPS) is 15.8. The molecule has 1 N–H and O–H groups in total. The Hall–Kier alpha value is -3.42. The van der Waals surface area contributed by atoms with Crippen LogP contribution in [-0.2, 0) is 14.3 Å². The van der Waals surface area contributed by atoms with Gasteiger partial charge in [0.2, 0.25) is 0 Å². The lowest BCUT2D eigenvalue weighted by molar-refractivity contribution is -0.152. The number of piperidine rings is 1. The van der Waals surface area contributed by atoms with E-state index < -0.39 is 30.2 Å². The number of ether oxygens (including phenoxy) is 2. The van der Waals surface area contributed by atoms with E-state index in [4.69, 9.17) is 9.47 Å². The molecule has 0 saturated carbocycles. The second kappa shape index (κ2) is 10.6. The van der Waals surface area contributed by atoms with Crippen LogP contribution in [0.25, 0.3) is 0 Å². The van der Waals surface area contributed by atoms with Crippen molar-refractivity contribution in [3.05, 3.63) is 59.9 Å². The number of carbonyl (C=O) groups is 3. The largest absolute Gasteiger partial charge is 0.492 e. The van der Waals surface area contributed by atoms with Crippen molar-refractivity contribution in [2.24, 2.45) is 5.92 Å². The summed E-state index contributed by atoms with van der Waals surface area (Å²) in [5, 5.41) is 2.67. The number of esters is 1. The standard InChI is InChI=1S/C23H25FN2O5/c1-2-30-20-8-4-3-7-19(20)25-21(27)15-31-23(29)17-6-5-13-26(14-17)22(28)16-9-11-18(24)12-10-16/h3-4,7-12,17H,2,5-6,13-15H2,1H3,(H,25,27). The number of amides is 2. The number of benzene rings is 2. The molecule has 8 heteroatoms. The lowest BCUT2D eigenvalue weighted by atomic mass is 9.97. The average molecular weight is 428 g/mol. The van der Waals surface area contributed by atoms with E-state index in [-0.39, 0.29) is 12.5 Å². The molecular formula is C23H25FN2O5. The van der Waals surface area contributed by atoms with Crippen molar-refractivity contribution in [2.75, 3.05) is 31.6 Å². The van der Waals surface area contributed by atoms with Gasteiger partial charge in [0.25, 0.3) is 11.8 Å². The lowest BCUT2D eigenvalue weighted by Gasteiger charge is -2.31. The molecule has 1 aliphatic heterocycles. The highest BCUT2D eigenvalue weighted by molar-refractivity contribution is 5.95. The molecule has 1 saturated heterocycles. The molecule has 2 aromatic rings. The Bertz CT molecular complexity index is 932. The summed E-state index contributed by atoms with van der Waals surface area (Å²) in [6, 6.07) is 12.3. The van der Waals surface area contributed by atoms with Crippen LogP contribution in [0, 0.1) is 11.7 Å². The number of anilines is 1.